The first-order valence-electron chi connectivity index (χ1n) is 6.28. The zero-order valence-electron chi connectivity index (χ0n) is 10.1. The van der Waals surface area contributed by atoms with Gasteiger partial charge in [0.15, 0.2) is 0 Å². The van der Waals surface area contributed by atoms with Crippen LogP contribution in [0.15, 0.2) is 24.3 Å². The summed E-state index contributed by atoms with van der Waals surface area (Å²) in [4.78, 5) is 0. The lowest BCUT2D eigenvalue weighted by atomic mass is 9.80. The molecule has 18 heavy (non-hydrogen) atoms. The molecule has 0 heterocycles. The summed E-state index contributed by atoms with van der Waals surface area (Å²) in [5.41, 5.74) is -0.892. The summed E-state index contributed by atoms with van der Waals surface area (Å²) < 4.78 is 37.7. The van der Waals surface area contributed by atoms with Crippen LogP contribution in [0.1, 0.15) is 43.2 Å². The second-order valence-electron chi connectivity index (χ2n) is 5.16. The SMILES string of the molecule is OC1(Cc2cccc(C(F)(F)F)c2)CCCCC1. The van der Waals surface area contributed by atoms with Gasteiger partial charge < -0.3 is 5.11 Å². The largest absolute Gasteiger partial charge is 0.416 e. The molecule has 2 rings (SSSR count). The van der Waals surface area contributed by atoms with Crippen molar-refractivity contribution in [3.8, 4) is 0 Å². The summed E-state index contributed by atoms with van der Waals surface area (Å²) in [5.74, 6) is 0. The minimum atomic E-state index is -4.31. The number of alkyl halides is 3. The zero-order valence-corrected chi connectivity index (χ0v) is 10.1. The number of aliphatic hydroxyl groups is 1. The monoisotopic (exact) mass is 258 g/mol. The minimum Gasteiger partial charge on any atom is -0.390 e. The molecule has 1 fully saturated rings. The number of halogens is 3. The predicted octanol–water partition coefficient (Wildman–Crippen LogP) is 3.94. The van der Waals surface area contributed by atoms with Crippen molar-refractivity contribution in [1.29, 1.82) is 0 Å². The average Bonchev–Trinajstić information content (AvgIpc) is 2.28. The molecular weight excluding hydrogens is 241 g/mol. The van der Waals surface area contributed by atoms with Crippen molar-refractivity contribution in [2.45, 2.75) is 50.3 Å². The smallest absolute Gasteiger partial charge is 0.390 e. The van der Waals surface area contributed by atoms with Gasteiger partial charge in [0, 0.05) is 6.42 Å². The van der Waals surface area contributed by atoms with Gasteiger partial charge in [0.2, 0.25) is 0 Å². The highest BCUT2D eigenvalue weighted by Gasteiger charge is 2.32. The Bertz CT molecular complexity index is 406. The molecule has 1 aromatic rings. The highest BCUT2D eigenvalue weighted by atomic mass is 19.4. The van der Waals surface area contributed by atoms with Gasteiger partial charge in [0.1, 0.15) is 0 Å². The Morgan fingerprint density at radius 2 is 1.78 bits per heavy atom. The third-order valence-electron chi connectivity index (χ3n) is 3.57. The van der Waals surface area contributed by atoms with Gasteiger partial charge in [-0.3, -0.25) is 0 Å². The Morgan fingerprint density at radius 3 is 2.39 bits per heavy atom. The van der Waals surface area contributed by atoms with Crippen LogP contribution in [-0.4, -0.2) is 10.7 Å². The van der Waals surface area contributed by atoms with E-state index in [1.165, 1.54) is 6.07 Å². The summed E-state index contributed by atoms with van der Waals surface area (Å²) in [5, 5.41) is 10.3. The molecule has 0 unspecified atom stereocenters. The Hall–Kier alpha value is -1.03. The second-order valence-corrected chi connectivity index (χ2v) is 5.16. The molecule has 0 bridgehead atoms. The molecule has 0 aromatic heterocycles. The van der Waals surface area contributed by atoms with E-state index in [1.807, 2.05) is 0 Å². The molecule has 1 aromatic carbocycles. The molecule has 0 aliphatic heterocycles. The maximum atomic E-state index is 12.6. The zero-order chi connectivity index (χ0) is 13.2. The van der Waals surface area contributed by atoms with E-state index in [9.17, 15) is 18.3 Å². The van der Waals surface area contributed by atoms with E-state index in [4.69, 9.17) is 0 Å². The van der Waals surface area contributed by atoms with E-state index in [0.29, 0.717) is 24.8 Å². The van der Waals surface area contributed by atoms with Crippen LogP contribution in [0.25, 0.3) is 0 Å². The van der Waals surface area contributed by atoms with Gasteiger partial charge in [0.25, 0.3) is 0 Å². The Labute approximate surface area is 105 Å². The molecule has 0 saturated heterocycles. The van der Waals surface area contributed by atoms with Gasteiger partial charge in [-0.2, -0.15) is 13.2 Å². The molecule has 1 nitrogen and oxygen atoms in total. The maximum Gasteiger partial charge on any atom is 0.416 e. The summed E-state index contributed by atoms with van der Waals surface area (Å²) >= 11 is 0. The van der Waals surface area contributed by atoms with Crippen LogP contribution in [0, 0.1) is 0 Å². The lowest BCUT2D eigenvalue weighted by molar-refractivity contribution is -0.137. The first kappa shape index (κ1) is 13.4. The molecule has 0 spiro atoms. The van der Waals surface area contributed by atoms with Crippen molar-refractivity contribution in [3.05, 3.63) is 35.4 Å². The molecule has 1 aliphatic rings. The fourth-order valence-corrected chi connectivity index (χ4v) is 2.62. The fraction of sp³-hybridized carbons (Fsp3) is 0.571. The topological polar surface area (TPSA) is 20.2 Å². The molecule has 1 saturated carbocycles. The number of benzene rings is 1. The summed E-state index contributed by atoms with van der Waals surface area (Å²) in [7, 11) is 0. The van der Waals surface area contributed by atoms with Crippen molar-refractivity contribution < 1.29 is 18.3 Å². The van der Waals surface area contributed by atoms with Crippen LogP contribution in [0.4, 0.5) is 13.2 Å². The first-order chi connectivity index (χ1) is 8.39. The number of hydrogen-bond donors (Lipinski definition) is 1. The highest BCUT2D eigenvalue weighted by Crippen LogP contribution is 2.33. The molecule has 100 valence electrons. The predicted molar refractivity (Wildman–Crippen MR) is 63.2 cm³/mol. The summed E-state index contributed by atoms with van der Waals surface area (Å²) in [6.07, 6.45) is 0.379. The van der Waals surface area contributed by atoms with Gasteiger partial charge in [-0.25, -0.2) is 0 Å². The van der Waals surface area contributed by atoms with E-state index in [-0.39, 0.29) is 0 Å². The van der Waals surface area contributed by atoms with Gasteiger partial charge in [-0.05, 0) is 24.5 Å². The van der Waals surface area contributed by atoms with Gasteiger partial charge in [-0.1, -0.05) is 37.5 Å². The quantitative estimate of drug-likeness (QED) is 0.851. The minimum absolute atomic E-state index is 0.316. The van der Waals surface area contributed by atoms with Crippen molar-refractivity contribution in [1.82, 2.24) is 0 Å². The van der Waals surface area contributed by atoms with Crippen molar-refractivity contribution in [2.24, 2.45) is 0 Å². The van der Waals surface area contributed by atoms with Crippen LogP contribution < -0.4 is 0 Å². The van der Waals surface area contributed by atoms with Crippen LogP contribution in [0.2, 0.25) is 0 Å². The number of rotatable bonds is 2. The second kappa shape index (κ2) is 4.92. The Morgan fingerprint density at radius 1 is 1.11 bits per heavy atom. The van der Waals surface area contributed by atoms with Gasteiger partial charge >= 0.3 is 6.18 Å². The molecule has 0 amide bonds. The van der Waals surface area contributed by atoms with Crippen molar-refractivity contribution >= 4 is 0 Å². The van der Waals surface area contributed by atoms with E-state index >= 15 is 0 Å². The van der Waals surface area contributed by atoms with E-state index in [1.54, 1.807) is 6.07 Å². The van der Waals surface area contributed by atoms with E-state index in [2.05, 4.69) is 0 Å². The molecule has 1 N–H and O–H groups in total. The van der Waals surface area contributed by atoms with Crippen molar-refractivity contribution in [3.63, 3.8) is 0 Å². The molecule has 0 radical (unpaired) electrons. The summed E-state index contributed by atoms with van der Waals surface area (Å²) in [6.45, 7) is 0. The maximum absolute atomic E-state index is 12.6. The molecule has 4 heteroatoms. The highest BCUT2D eigenvalue weighted by molar-refractivity contribution is 5.26. The van der Waals surface area contributed by atoms with E-state index < -0.39 is 17.3 Å². The van der Waals surface area contributed by atoms with Gasteiger partial charge in [0.05, 0.1) is 11.2 Å². The normalized spacial score (nSPS) is 19.8. The molecule has 0 atom stereocenters. The molecular formula is C14H17F3O. The van der Waals surface area contributed by atoms with Crippen molar-refractivity contribution in [2.75, 3.05) is 0 Å². The Kier molecular flexibility index (Phi) is 3.66. The fourth-order valence-electron chi connectivity index (χ4n) is 2.62. The van der Waals surface area contributed by atoms with Crippen LogP contribution in [-0.2, 0) is 12.6 Å². The van der Waals surface area contributed by atoms with Crippen LogP contribution >= 0.6 is 0 Å². The van der Waals surface area contributed by atoms with Gasteiger partial charge in [-0.15, -0.1) is 0 Å². The van der Waals surface area contributed by atoms with Crippen LogP contribution in [0.3, 0.4) is 0 Å². The van der Waals surface area contributed by atoms with E-state index in [0.717, 1.165) is 31.4 Å². The average molecular weight is 258 g/mol. The lowest BCUT2D eigenvalue weighted by Gasteiger charge is -2.32. The summed E-state index contributed by atoms with van der Waals surface area (Å²) in [6, 6.07) is 5.27. The third-order valence-corrected chi connectivity index (χ3v) is 3.57. The third kappa shape index (κ3) is 3.25. The number of hydrogen-bond acceptors (Lipinski definition) is 1. The lowest BCUT2D eigenvalue weighted by Crippen LogP contribution is -2.33. The van der Waals surface area contributed by atoms with Crippen LogP contribution in [0.5, 0.6) is 0 Å². The standard InChI is InChI=1S/C14H17F3O/c15-14(16,17)12-6-4-5-11(9-12)10-13(18)7-2-1-3-8-13/h4-6,9,18H,1-3,7-8,10H2. The molecule has 1 aliphatic carbocycles. The first-order valence-corrected chi connectivity index (χ1v) is 6.28. The Balaban J connectivity index is 2.14.